The van der Waals surface area contributed by atoms with E-state index in [1.807, 2.05) is 0 Å². The van der Waals surface area contributed by atoms with Crippen LogP contribution in [-0.4, -0.2) is 16.7 Å². The number of nitrogens with zero attached hydrogens (tertiary/aromatic N) is 1. The minimum Gasteiger partial charge on any atom is -0.396 e. The number of rotatable bonds is 4. The third kappa shape index (κ3) is 3.08. The second-order valence-corrected chi connectivity index (χ2v) is 2.91. The molecule has 0 radical (unpaired) electrons. The van der Waals surface area contributed by atoms with Gasteiger partial charge in [-0.1, -0.05) is 0 Å². The quantitative estimate of drug-likeness (QED) is 0.733. The highest BCUT2D eigenvalue weighted by molar-refractivity contribution is 5.14. The molecule has 4 heteroatoms. The van der Waals surface area contributed by atoms with E-state index in [0.29, 0.717) is 18.4 Å². The Morgan fingerprint density at radius 3 is 2.92 bits per heavy atom. The SMILES string of the molecule is N[C@H](CCCO)c1cncc(F)c1. The van der Waals surface area contributed by atoms with Crippen molar-refractivity contribution in [3.05, 3.63) is 29.8 Å². The van der Waals surface area contributed by atoms with Crippen LogP contribution in [-0.2, 0) is 0 Å². The fraction of sp³-hybridized carbons (Fsp3) is 0.444. The van der Waals surface area contributed by atoms with Crippen molar-refractivity contribution < 1.29 is 9.50 Å². The van der Waals surface area contributed by atoms with E-state index in [0.717, 1.165) is 6.20 Å². The second kappa shape index (κ2) is 4.89. The predicted octanol–water partition coefficient (Wildman–Crippen LogP) is 0.993. The number of pyridine rings is 1. The number of aliphatic hydroxyl groups is 1. The summed E-state index contributed by atoms with van der Waals surface area (Å²) >= 11 is 0. The van der Waals surface area contributed by atoms with Crippen molar-refractivity contribution in [2.45, 2.75) is 18.9 Å². The zero-order chi connectivity index (χ0) is 9.68. The summed E-state index contributed by atoms with van der Waals surface area (Å²) in [6, 6.07) is 1.13. The average Bonchev–Trinajstić information content (AvgIpc) is 2.14. The molecule has 0 fully saturated rings. The molecule has 0 unspecified atom stereocenters. The predicted molar refractivity (Wildman–Crippen MR) is 47.4 cm³/mol. The van der Waals surface area contributed by atoms with Gasteiger partial charge in [-0.2, -0.15) is 0 Å². The molecule has 3 N–H and O–H groups in total. The highest BCUT2D eigenvalue weighted by atomic mass is 19.1. The van der Waals surface area contributed by atoms with Gasteiger partial charge in [-0.3, -0.25) is 4.98 Å². The van der Waals surface area contributed by atoms with Gasteiger partial charge in [0.2, 0.25) is 0 Å². The Kier molecular flexibility index (Phi) is 3.79. The minimum absolute atomic E-state index is 0.108. The zero-order valence-corrected chi connectivity index (χ0v) is 7.28. The fourth-order valence-electron chi connectivity index (χ4n) is 1.11. The second-order valence-electron chi connectivity index (χ2n) is 2.91. The van der Waals surface area contributed by atoms with Gasteiger partial charge in [-0.25, -0.2) is 4.39 Å². The van der Waals surface area contributed by atoms with Crippen LogP contribution in [0.25, 0.3) is 0 Å². The lowest BCUT2D eigenvalue weighted by atomic mass is 10.1. The van der Waals surface area contributed by atoms with Crippen molar-refractivity contribution in [3.8, 4) is 0 Å². The van der Waals surface area contributed by atoms with Gasteiger partial charge in [-0.05, 0) is 24.5 Å². The Balaban J connectivity index is 2.60. The molecule has 1 heterocycles. The molecule has 0 aromatic carbocycles. The third-order valence-electron chi connectivity index (χ3n) is 1.83. The van der Waals surface area contributed by atoms with E-state index in [-0.39, 0.29) is 18.5 Å². The van der Waals surface area contributed by atoms with Gasteiger partial charge < -0.3 is 10.8 Å². The maximum atomic E-state index is 12.7. The van der Waals surface area contributed by atoms with E-state index in [1.54, 1.807) is 6.20 Å². The Hall–Kier alpha value is -1.00. The average molecular weight is 184 g/mol. The van der Waals surface area contributed by atoms with Crippen LogP contribution in [0.4, 0.5) is 4.39 Å². The molecule has 0 saturated carbocycles. The van der Waals surface area contributed by atoms with Crippen LogP contribution in [0, 0.1) is 5.82 Å². The lowest BCUT2D eigenvalue weighted by Crippen LogP contribution is -2.11. The monoisotopic (exact) mass is 184 g/mol. The number of hydrogen-bond acceptors (Lipinski definition) is 3. The van der Waals surface area contributed by atoms with Crippen LogP contribution in [0.2, 0.25) is 0 Å². The van der Waals surface area contributed by atoms with Crippen LogP contribution in [0.1, 0.15) is 24.4 Å². The molecule has 0 amide bonds. The molecule has 0 aliphatic heterocycles. The van der Waals surface area contributed by atoms with Gasteiger partial charge in [0.05, 0.1) is 6.20 Å². The van der Waals surface area contributed by atoms with Crippen molar-refractivity contribution in [3.63, 3.8) is 0 Å². The summed E-state index contributed by atoms with van der Waals surface area (Å²) < 4.78 is 12.7. The summed E-state index contributed by atoms with van der Waals surface area (Å²) in [4.78, 5) is 3.70. The van der Waals surface area contributed by atoms with Crippen LogP contribution in [0.3, 0.4) is 0 Å². The van der Waals surface area contributed by atoms with Gasteiger partial charge >= 0.3 is 0 Å². The highest BCUT2D eigenvalue weighted by Gasteiger charge is 2.06. The molecular weight excluding hydrogens is 171 g/mol. The molecule has 1 aromatic rings. The molecule has 13 heavy (non-hydrogen) atoms. The summed E-state index contributed by atoms with van der Waals surface area (Å²) in [5, 5.41) is 8.57. The molecular formula is C9H13FN2O. The van der Waals surface area contributed by atoms with Crippen molar-refractivity contribution in [1.82, 2.24) is 4.98 Å². The first-order chi connectivity index (χ1) is 6.24. The first-order valence-electron chi connectivity index (χ1n) is 4.21. The topological polar surface area (TPSA) is 59.1 Å². The van der Waals surface area contributed by atoms with Gasteiger partial charge in [0.25, 0.3) is 0 Å². The third-order valence-corrected chi connectivity index (χ3v) is 1.83. The number of aromatic nitrogens is 1. The first-order valence-corrected chi connectivity index (χ1v) is 4.21. The molecule has 0 aliphatic rings. The molecule has 0 spiro atoms. The Morgan fingerprint density at radius 2 is 2.31 bits per heavy atom. The van der Waals surface area contributed by atoms with E-state index < -0.39 is 0 Å². The summed E-state index contributed by atoms with van der Waals surface area (Å²) in [7, 11) is 0. The van der Waals surface area contributed by atoms with E-state index in [9.17, 15) is 4.39 Å². The van der Waals surface area contributed by atoms with Crippen molar-refractivity contribution >= 4 is 0 Å². The smallest absolute Gasteiger partial charge is 0.141 e. The van der Waals surface area contributed by atoms with Gasteiger partial charge in [0.1, 0.15) is 5.82 Å². The summed E-state index contributed by atoms with van der Waals surface area (Å²) in [5.41, 5.74) is 6.41. The Bertz CT molecular complexity index is 268. The summed E-state index contributed by atoms with van der Waals surface area (Å²) in [6.45, 7) is 0.108. The lowest BCUT2D eigenvalue weighted by molar-refractivity contribution is 0.280. The van der Waals surface area contributed by atoms with Crippen LogP contribution < -0.4 is 5.73 Å². The van der Waals surface area contributed by atoms with Gasteiger partial charge in [0, 0.05) is 18.8 Å². The highest BCUT2D eigenvalue weighted by Crippen LogP contribution is 2.14. The van der Waals surface area contributed by atoms with Crippen molar-refractivity contribution in [1.29, 1.82) is 0 Å². The van der Waals surface area contributed by atoms with Crippen LogP contribution in [0.15, 0.2) is 18.5 Å². The largest absolute Gasteiger partial charge is 0.396 e. The maximum Gasteiger partial charge on any atom is 0.141 e. The summed E-state index contributed by atoms with van der Waals surface area (Å²) in [6.07, 6.45) is 3.95. The normalized spacial score (nSPS) is 12.8. The Morgan fingerprint density at radius 1 is 1.54 bits per heavy atom. The molecule has 1 atom stereocenters. The van der Waals surface area contributed by atoms with Gasteiger partial charge in [-0.15, -0.1) is 0 Å². The van der Waals surface area contributed by atoms with E-state index in [4.69, 9.17) is 10.8 Å². The van der Waals surface area contributed by atoms with Crippen molar-refractivity contribution in [2.24, 2.45) is 5.73 Å². The summed E-state index contributed by atoms with van der Waals surface area (Å²) in [5.74, 6) is -0.378. The number of hydrogen-bond donors (Lipinski definition) is 2. The van der Waals surface area contributed by atoms with Crippen LogP contribution >= 0.6 is 0 Å². The van der Waals surface area contributed by atoms with E-state index >= 15 is 0 Å². The fourth-order valence-corrected chi connectivity index (χ4v) is 1.11. The molecule has 72 valence electrons. The maximum absolute atomic E-state index is 12.7. The number of nitrogens with two attached hydrogens (primary N) is 1. The molecule has 1 aromatic heterocycles. The van der Waals surface area contributed by atoms with Crippen molar-refractivity contribution in [2.75, 3.05) is 6.61 Å². The van der Waals surface area contributed by atoms with E-state index in [1.165, 1.54) is 6.07 Å². The number of halogens is 1. The molecule has 0 saturated heterocycles. The molecule has 0 bridgehead atoms. The van der Waals surface area contributed by atoms with E-state index in [2.05, 4.69) is 4.98 Å². The van der Waals surface area contributed by atoms with Crippen LogP contribution in [0.5, 0.6) is 0 Å². The zero-order valence-electron chi connectivity index (χ0n) is 7.28. The molecule has 1 rings (SSSR count). The Labute approximate surface area is 76.4 Å². The standard InChI is InChI=1S/C9H13FN2O/c10-8-4-7(5-12-6-8)9(11)2-1-3-13/h4-6,9,13H,1-3,11H2/t9-/m1/s1. The lowest BCUT2D eigenvalue weighted by Gasteiger charge is -2.09. The first kappa shape index (κ1) is 10.1. The molecule has 0 aliphatic carbocycles. The molecule has 3 nitrogen and oxygen atoms in total. The van der Waals surface area contributed by atoms with Gasteiger partial charge in [0.15, 0.2) is 0 Å². The minimum atomic E-state index is -0.378. The number of aliphatic hydroxyl groups excluding tert-OH is 1.